The molecule has 1 aromatic carbocycles. The standard InChI is InChI=1S/C12H21O2Si2/c1-12(2,10-8-6-5-7-9-10)11(13-15-3)14-16-4/h6-9,11H,15-16H2,1-4H3. The zero-order valence-electron chi connectivity index (χ0n) is 10.6. The minimum Gasteiger partial charge on any atom is -0.400 e. The second-order valence-electron chi connectivity index (χ2n) is 4.25. The smallest absolute Gasteiger partial charge is 0.161 e. The van der Waals surface area contributed by atoms with Gasteiger partial charge < -0.3 is 8.85 Å². The number of rotatable bonds is 6. The van der Waals surface area contributed by atoms with Gasteiger partial charge in [0.2, 0.25) is 0 Å². The highest BCUT2D eigenvalue weighted by Gasteiger charge is 2.31. The first-order valence-electron chi connectivity index (χ1n) is 5.82. The first kappa shape index (κ1) is 13.6. The van der Waals surface area contributed by atoms with E-state index in [2.05, 4.69) is 45.1 Å². The molecule has 0 heterocycles. The van der Waals surface area contributed by atoms with E-state index < -0.39 is 19.5 Å². The number of hydrogen-bond donors (Lipinski definition) is 0. The predicted molar refractivity (Wildman–Crippen MR) is 73.1 cm³/mol. The molecule has 4 heteroatoms. The Labute approximate surface area is 103 Å². The highest BCUT2D eigenvalue weighted by atomic mass is 28.2. The molecule has 0 aliphatic carbocycles. The summed E-state index contributed by atoms with van der Waals surface area (Å²) in [7, 11) is -0.898. The van der Waals surface area contributed by atoms with E-state index in [1.165, 1.54) is 5.56 Å². The van der Waals surface area contributed by atoms with Crippen molar-refractivity contribution in [2.45, 2.75) is 38.6 Å². The van der Waals surface area contributed by atoms with Gasteiger partial charge in [0, 0.05) is 5.41 Å². The number of benzene rings is 1. The molecule has 0 fully saturated rings. The maximum absolute atomic E-state index is 5.84. The van der Waals surface area contributed by atoms with Crippen molar-refractivity contribution in [2.24, 2.45) is 0 Å². The summed E-state index contributed by atoms with van der Waals surface area (Å²) in [5.41, 5.74) is 1.17. The van der Waals surface area contributed by atoms with Gasteiger partial charge in [0.05, 0.1) is 0 Å². The van der Waals surface area contributed by atoms with Gasteiger partial charge in [0.25, 0.3) is 0 Å². The van der Waals surface area contributed by atoms with Crippen molar-refractivity contribution in [3.05, 3.63) is 35.9 Å². The Hall–Kier alpha value is -0.426. The van der Waals surface area contributed by atoms with Crippen LogP contribution in [0.25, 0.3) is 0 Å². The van der Waals surface area contributed by atoms with Crippen LogP contribution in [0.3, 0.4) is 0 Å². The van der Waals surface area contributed by atoms with E-state index in [-0.39, 0.29) is 11.7 Å². The van der Waals surface area contributed by atoms with Gasteiger partial charge in [-0.3, -0.25) is 0 Å². The van der Waals surface area contributed by atoms with Crippen molar-refractivity contribution >= 4 is 19.5 Å². The molecular formula is C12H21O2Si2. The van der Waals surface area contributed by atoms with Crippen LogP contribution in [0.5, 0.6) is 0 Å². The maximum Gasteiger partial charge on any atom is 0.161 e. The zero-order chi connectivity index (χ0) is 12.0. The van der Waals surface area contributed by atoms with Crippen molar-refractivity contribution in [1.29, 1.82) is 0 Å². The van der Waals surface area contributed by atoms with Gasteiger partial charge in [0.15, 0.2) is 19.5 Å². The van der Waals surface area contributed by atoms with Crippen LogP contribution in [0.4, 0.5) is 0 Å². The molecular weight excluding hydrogens is 232 g/mol. The molecule has 1 aromatic rings. The Morgan fingerprint density at radius 3 is 2.06 bits per heavy atom. The monoisotopic (exact) mass is 253 g/mol. The Bertz CT molecular complexity index is 295. The van der Waals surface area contributed by atoms with Gasteiger partial charge in [-0.15, -0.1) is 0 Å². The normalized spacial score (nSPS) is 15.2. The lowest BCUT2D eigenvalue weighted by atomic mass is 9.84. The summed E-state index contributed by atoms with van der Waals surface area (Å²) < 4.78 is 11.7. The third-order valence-corrected chi connectivity index (χ3v) is 3.96. The van der Waals surface area contributed by atoms with E-state index in [1.807, 2.05) is 12.1 Å². The Morgan fingerprint density at radius 1 is 1.12 bits per heavy atom. The van der Waals surface area contributed by atoms with Crippen LogP contribution >= 0.6 is 0 Å². The first-order chi connectivity index (χ1) is 7.62. The molecule has 89 valence electrons. The SMILES string of the molecule is C[SiH2]OC(O[SiH2]C)C(C)(C)c1cc[c]cc1. The minimum absolute atomic E-state index is 0.0803. The Kier molecular flexibility index (Phi) is 5.41. The van der Waals surface area contributed by atoms with Crippen molar-refractivity contribution in [2.75, 3.05) is 0 Å². The van der Waals surface area contributed by atoms with Crippen LogP contribution in [0.1, 0.15) is 19.4 Å². The van der Waals surface area contributed by atoms with E-state index in [0.29, 0.717) is 0 Å². The molecule has 0 saturated heterocycles. The second kappa shape index (κ2) is 6.34. The third kappa shape index (κ3) is 3.28. The van der Waals surface area contributed by atoms with Gasteiger partial charge >= 0.3 is 0 Å². The molecule has 0 N–H and O–H groups in total. The summed E-state index contributed by atoms with van der Waals surface area (Å²) in [5, 5.41) is 0. The molecule has 1 rings (SSSR count). The van der Waals surface area contributed by atoms with E-state index >= 15 is 0 Å². The van der Waals surface area contributed by atoms with Crippen molar-refractivity contribution in [1.82, 2.24) is 0 Å². The van der Waals surface area contributed by atoms with Gasteiger partial charge in [0.1, 0.15) is 6.29 Å². The van der Waals surface area contributed by atoms with Crippen LogP contribution in [-0.4, -0.2) is 25.8 Å². The van der Waals surface area contributed by atoms with Crippen molar-refractivity contribution in [3.63, 3.8) is 0 Å². The summed E-state index contributed by atoms with van der Waals surface area (Å²) in [6.45, 7) is 8.65. The fourth-order valence-electron chi connectivity index (χ4n) is 1.72. The maximum atomic E-state index is 5.84. The molecule has 1 radical (unpaired) electrons. The third-order valence-electron chi connectivity index (χ3n) is 2.69. The minimum atomic E-state index is -0.449. The van der Waals surface area contributed by atoms with Gasteiger partial charge in [-0.25, -0.2) is 0 Å². The highest BCUT2D eigenvalue weighted by molar-refractivity contribution is 6.26. The summed E-state index contributed by atoms with van der Waals surface area (Å²) in [4.78, 5) is 0. The van der Waals surface area contributed by atoms with E-state index in [9.17, 15) is 0 Å². The fraction of sp³-hybridized carbons (Fsp3) is 0.500. The van der Waals surface area contributed by atoms with Crippen LogP contribution in [0, 0.1) is 6.07 Å². The molecule has 0 unspecified atom stereocenters. The predicted octanol–water partition coefficient (Wildman–Crippen LogP) is 1.39. The highest BCUT2D eigenvalue weighted by Crippen LogP contribution is 2.29. The van der Waals surface area contributed by atoms with Gasteiger partial charge in [-0.1, -0.05) is 51.2 Å². The molecule has 0 bridgehead atoms. The van der Waals surface area contributed by atoms with Crippen LogP contribution in [0.15, 0.2) is 24.3 Å². The number of hydrogen-bond acceptors (Lipinski definition) is 2. The van der Waals surface area contributed by atoms with Crippen LogP contribution in [0.2, 0.25) is 13.1 Å². The summed E-state index contributed by atoms with van der Waals surface area (Å²) in [5.74, 6) is 0. The Balaban J connectivity index is 2.88. The molecule has 0 saturated carbocycles. The van der Waals surface area contributed by atoms with Crippen LogP contribution < -0.4 is 0 Å². The Morgan fingerprint density at radius 2 is 1.62 bits per heavy atom. The van der Waals surface area contributed by atoms with E-state index in [1.54, 1.807) is 0 Å². The first-order valence-corrected chi connectivity index (χ1v) is 9.81. The summed E-state index contributed by atoms with van der Waals surface area (Å²) >= 11 is 0. The fourth-order valence-corrected chi connectivity index (χ4v) is 3.54. The average molecular weight is 253 g/mol. The second-order valence-corrected chi connectivity index (χ2v) is 6.07. The summed E-state index contributed by atoms with van der Waals surface area (Å²) in [6, 6.07) is 11.1. The topological polar surface area (TPSA) is 18.5 Å². The molecule has 2 nitrogen and oxygen atoms in total. The lowest BCUT2D eigenvalue weighted by Crippen LogP contribution is -2.39. The molecule has 0 aliphatic rings. The van der Waals surface area contributed by atoms with Gasteiger partial charge in [-0.05, 0) is 11.6 Å². The lowest BCUT2D eigenvalue weighted by Gasteiger charge is -2.34. The largest absolute Gasteiger partial charge is 0.400 e. The molecule has 16 heavy (non-hydrogen) atoms. The van der Waals surface area contributed by atoms with Gasteiger partial charge in [-0.2, -0.15) is 0 Å². The average Bonchev–Trinajstić information content (AvgIpc) is 2.30. The molecule has 0 aromatic heterocycles. The zero-order valence-corrected chi connectivity index (χ0v) is 13.4. The molecule has 0 aliphatic heterocycles. The molecule has 0 atom stereocenters. The van der Waals surface area contributed by atoms with Crippen molar-refractivity contribution < 1.29 is 8.85 Å². The van der Waals surface area contributed by atoms with E-state index in [4.69, 9.17) is 8.85 Å². The molecule has 0 amide bonds. The van der Waals surface area contributed by atoms with Crippen molar-refractivity contribution in [3.8, 4) is 0 Å². The lowest BCUT2D eigenvalue weighted by molar-refractivity contribution is -0.0433. The molecule has 0 spiro atoms. The van der Waals surface area contributed by atoms with Crippen LogP contribution in [-0.2, 0) is 14.3 Å². The van der Waals surface area contributed by atoms with E-state index in [0.717, 1.165) is 0 Å². The quantitative estimate of drug-likeness (QED) is 0.563. The summed E-state index contributed by atoms with van der Waals surface area (Å²) in [6.07, 6.45) is -0.0803.